The number of carbonyl (C=O) groups is 1. The SMILES string of the molecule is Cl.Cl.O=C([O-])N(SCCCN1CCN(CCc2ccc(Cl)cc2)CC1)C1CCCCC1. The van der Waals surface area contributed by atoms with Crippen LogP contribution in [0, 0.1) is 0 Å². The third-order valence-electron chi connectivity index (χ3n) is 6.03. The molecular formula is C22H35Cl3N3O2S-. The van der Waals surface area contributed by atoms with Crippen molar-refractivity contribution in [1.82, 2.24) is 14.1 Å². The van der Waals surface area contributed by atoms with Crippen LogP contribution in [-0.2, 0) is 6.42 Å². The first kappa shape index (κ1) is 28.7. The van der Waals surface area contributed by atoms with Crippen LogP contribution in [0.15, 0.2) is 24.3 Å². The van der Waals surface area contributed by atoms with Crippen molar-refractivity contribution in [3.05, 3.63) is 34.9 Å². The van der Waals surface area contributed by atoms with Crippen molar-refractivity contribution in [3.8, 4) is 0 Å². The highest BCUT2D eigenvalue weighted by Crippen LogP contribution is 2.27. The van der Waals surface area contributed by atoms with Gasteiger partial charge in [-0.2, -0.15) is 0 Å². The summed E-state index contributed by atoms with van der Waals surface area (Å²) in [6, 6.07) is 8.30. The number of carbonyl (C=O) groups excluding carboxylic acids is 1. The van der Waals surface area contributed by atoms with Crippen molar-refractivity contribution in [3.63, 3.8) is 0 Å². The second kappa shape index (κ2) is 15.5. The van der Waals surface area contributed by atoms with E-state index >= 15 is 0 Å². The summed E-state index contributed by atoms with van der Waals surface area (Å²) in [4.78, 5) is 16.5. The molecular weight excluding hydrogens is 477 g/mol. The fourth-order valence-electron chi connectivity index (χ4n) is 4.25. The molecule has 1 heterocycles. The average Bonchev–Trinajstić information content (AvgIpc) is 2.74. The van der Waals surface area contributed by atoms with Gasteiger partial charge in [0.1, 0.15) is 6.09 Å². The van der Waals surface area contributed by atoms with Gasteiger partial charge in [0.05, 0.1) is 0 Å². The lowest BCUT2D eigenvalue weighted by Crippen LogP contribution is -2.47. The first-order valence-corrected chi connectivity index (χ1v) is 12.3. The van der Waals surface area contributed by atoms with Crippen LogP contribution in [-0.4, -0.2) is 71.3 Å². The van der Waals surface area contributed by atoms with Crippen LogP contribution in [0.3, 0.4) is 0 Å². The summed E-state index contributed by atoms with van der Waals surface area (Å²) >= 11 is 7.41. The number of hydrogen-bond donors (Lipinski definition) is 0. The smallest absolute Gasteiger partial charge is 0.147 e. The number of benzene rings is 1. The number of piperazine rings is 1. The molecule has 3 rings (SSSR count). The molecule has 1 aromatic rings. The second-order valence-corrected chi connectivity index (χ2v) is 9.63. The maximum Gasteiger partial charge on any atom is 0.147 e. The Balaban J connectivity index is 0.00000240. The first-order chi connectivity index (χ1) is 14.1. The zero-order chi connectivity index (χ0) is 20.5. The van der Waals surface area contributed by atoms with Crippen molar-refractivity contribution >= 4 is 54.5 Å². The van der Waals surface area contributed by atoms with Crippen LogP contribution in [0.4, 0.5) is 4.79 Å². The zero-order valence-electron chi connectivity index (χ0n) is 18.0. The number of halogens is 3. The van der Waals surface area contributed by atoms with Gasteiger partial charge in [-0.05, 0) is 61.9 Å². The lowest BCUT2D eigenvalue weighted by Gasteiger charge is -2.36. The zero-order valence-corrected chi connectivity index (χ0v) is 21.3. The van der Waals surface area contributed by atoms with Crippen molar-refractivity contribution in [2.24, 2.45) is 0 Å². The lowest BCUT2D eigenvalue weighted by molar-refractivity contribution is -0.260. The minimum atomic E-state index is -1.02. The molecule has 0 radical (unpaired) electrons. The molecule has 1 aromatic carbocycles. The predicted octanol–water partition coefficient (Wildman–Crippen LogP) is 4.36. The molecule has 9 heteroatoms. The molecule has 31 heavy (non-hydrogen) atoms. The number of hydrogen-bond acceptors (Lipinski definition) is 5. The molecule has 0 aromatic heterocycles. The Bertz CT molecular complexity index is 625. The van der Waals surface area contributed by atoms with Crippen molar-refractivity contribution in [2.75, 3.05) is 45.0 Å². The Labute approximate surface area is 208 Å². The number of carboxylic acid groups (broad SMARTS) is 1. The van der Waals surface area contributed by atoms with Gasteiger partial charge >= 0.3 is 0 Å². The van der Waals surface area contributed by atoms with Gasteiger partial charge in [-0.15, -0.1) is 24.8 Å². The third kappa shape index (κ3) is 9.97. The van der Waals surface area contributed by atoms with Gasteiger partial charge in [0.15, 0.2) is 0 Å². The maximum absolute atomic E-state index is 11.5. The van der Waals surface area contributed by atoms with E-state index in [9.17, 15) is 9.90 Å². The number of amides is 1. The molecule has 1 amide bonds. The van der Waals surface area contributed by atoms with Crippen molar-refractivity contribution in [1.29, 1.82) is 0 Å². The fourth-order valence-corrected chi connectivity index (χ4v) is 5.36. The fraction of sp³-hybridized carbons (Fsp3) is 0.682. The quantitative estimate of drug-likeness (QED) is 0.364. The minimum absolute atomic E-state index is 0. The molecule has 2 fully saturated rings. The maximum atomic E-state index is 11.5. The van der Waals surface area contributed by atoms with Crippen molar-refractivity contribution < 1.29 is 9.90 Å². The summed E-state index contributed by atoms with van der Waals surface area (Å²) in [6.45, 7) is 6.54. The van der Waals surface area contributed by atoms with Crippen LogP contribution in [0.1, 0.15) is 44.1 Å². The van der Waals surface area contributed by atoms with Crippen LogP contribution in [0.5, 0.6) is 0 Å². The number of nitrogens with zero attached hydrogens (tertiary/aromatic N) is 3. The minimum Gasteiger partial charge on any atom is -0.529 e. The Morgan fingerprint density at radius 1 is 1.00 bits per heavy atom. The molecule has 1 saturated carbocycles. The van der Waals surface area contributed by atoms with Gasteiger partial charge < -0.3 is 19.7 Å². The van der Waals surface area contributed by atoms with Crippen LogP contribution >= 0.6 is 48.4 Å². The molecule has 5 nitrogen and oxygen atoms in total. The van der Waals surface area contributed by atoms with E-state index in [4.69, 9.17) is 11.6 Å². The summed E-state index contributed by atoms with van der Waals surface area (Å²) in [5.74, 6) is 0.848. The molecule has 0 N–H and O–H groups in total. The molecule has 1 aliphatic heterocycles. The second-order valence-electron chi connectivity index (χ2n) is 8.13. The van der Waals surface area contributed by atoms with E-state index in [2.05, 4.69) is 21.9 Å². The number of rotatable bonds is 9. The average molecular weight is 512 g/mol. The van der Waals surface area contributed by atoms with Gasteiger partial charge in [-0.1, -0.05) is 43.0 Å². The van der Waals surface area contributed by atoms with E-state index in [1.165, 1.54) is 28.2 Å². The molecule has 0 unspecified atom stereocenters. The van der Waals surface area contributed by atoms with E-state index < -0.39 is 6.09 Å². The summed E-state index contributed by atoms with van der Waals surface area (Å²) in [6.07, 6.45) is 6.54. The van der Waals surface area contributed by atoms with Gasteiger partial charge in [-0.3, -0.25) is 4.31 Å². The molecule has 178 valence electrons. The molecule has 0 bridgehead atoms. The van der Waals surface area contributed by atoms with E-state index in [0.29, 0.717) is 0 Å². The molecule has 2 aliphatic rings. The van der Waals surface area contributed by atoms with Crippen LogP contribution in [0.25, 0.3) is 0 Å². The normalized spacial score (nSPS) is 18.1. The monoisotopic (exact) mass is 510 g/mol. The van der Waals surface area contributed by atoms with E-state index in [1.807, 2.05) is 12.1 Å². The summed E-state index contributed by atoms with van der Waals surface area (Å²) in [5, 5.41) is 12.3. The largest absolute Gasteiger partial charge is 0.529 e. The lowest BCUT2D eigenvalue weighted by atomic mass is 9.96. The summed E-state index contributed by atoms with van der Waals surface area (Å²) < 4.78 is 1.52. The Hall–Kier alpha value is -0.370. The molecule has 1 saturated heterocycles. The topological polar surface area (TPSA) is 49.9 Å². The Kier molecular flexibility index (Phi) is 14.3. The standard InChI is InChI=1S/C22H34ClN3O2S.2ClH/c23-20-9-7-19(8-10-20)11-13-25-16-14-24(15-17-25)12-4-18-29-26(22(27)28)21-5-2-1-3-6-21;;/h7-10,21H,1-6,11-18H2,(H,27,28);2*1H/p-1. The highest BCUT2D eigenvalue weighted by Gasteiger charge is 2.22. The van der Waals surface area contributed by atoms with Gasteiger partial charge in [0.2, 0.25) is 0 Å². The molecule has 1 aliphatic carbocycles. The summed E-state index contributed by atoms with van der Waals surface area (Å²) in [5.41, 5.74) is 1.34. The molecule has 0 spiro atoms. The van der Waals surface area contributed by atoms with Crippen LogP contribution < -0.4 is 5.11 Å². The third-order valence-corrected chi connectivity index (χ3v) is 7.48. The van der Waals surface area contributed by atoms with E-state index in [1.54, 1.807) is 0 Å². The predicted molar refractivity (Wildman–Crippen MR) is 134 cm³/mol. The summed E-state index contributed by atoms with van der Waals surface area (Å²) in [7, 11) is 0. The Morgan fingerprint density at radius 3 is 2.16 bits per heavy atom. The van der Waals surface area contributed by atoms with Crippen molar-refractivity contribution in [2.45, 2.75) is 51.0 Å². The van der Waals surface area contributed by atoms with Gasteiger partial charge in [-0.25, -0.2) is 0 Å². The van der Waals surface area contributed by atoms with Gasteiger partial charge in [0.25, 0.3) is 0 Å². The van der Waals surface area contributed by atoms with Gasteiger partial charge in [0, 0.05) is 49.5 Å². The first-order valence-electron chi connectivity index (χ1n) is 10.9. The van der Waals surface area contributed by atoms with E-state index in [-0.39, 0.29) is 30.9 Å². The highest BCUT2D eigenvalue weighted by atomic mass is 35.5. The van der Waals surface area contributed by atoms with Crippen LogP contribution in [0.2, 0.25) is 5.02 Å². The van der Waals surface area contributed by atoms with E-state index in [0.717, 1.165) is 88.6 Å². The highest BCUT2D eigenvalue weighted by molar-refractivity contribution is 7.97. The Morgan fingerprint density at radius 2 is 1.58 bits per heavy atom. The molecule has 0 atom stereocenters.